The van der Waals surface area contributed by atoms with Crippen LogP contribution >= 0.6 is 0 Å². The van der Waals surface area contributed by atoms with Gasteiger partial charge in [0.1, 0.15) is 5.75 Å². The number of nitrogens with two attached hydrogens (primary N) is 1. The standard InChI is InChI=1S/C20H26N2O/c1-14(22-13-15-11-18(21)12-15)16-7-9-17(10-8-16)19-5-3-4-6-20(19)23-2/h3-10,14-15,18,22H,11-13,21H2,1-2H3. The Morgan fingerprint density at radius 3 is 2.48 bits per heavy atom. The van der Waals surface area contributed by atoms with Crippen molar-refractivity contribution in [1.82, 2.24) is 5.32 Å². The molecule has 0 spiro atoms. The molecule has 0 aromatic heterocycles. The number of ether oxygens (including phenoxy) is 1. The van der Waals surface area contributed by atoms with Crippen LogP contribution in [0.2, 0.25) is 0 Å². The molecule has 0 aliphatic heterocycles. The van der Waals surface area contributed by atoms with Gasteiger partial charge in [0.05, 0.1) is 7.11 Å². The summed E-state index contributed by atoms with van der Waals surface area (Å²) in [5, 5.41) is 3.62. The molecule has 122 valence electrons. The average Bonchev–Trinajstić information content (AvgIpc) is 2.57. The monoisotopic (exact) mass is 310 g/mol. The van der Waals surface area contributed by atoms with Crippen molar-refractivity contribution in [1.29, 1.82) is 0 Å². The fraction of sp³-hybridized carbons (Fsp3) is 0.400. The van der Waals surface area contributed by atoms with Gasteiger partial charge in [-0.05, 0) is 49.4 Å². The number of para-hydroxylation sites is 1. The second-order valence-electron chi connectivity index (χ2n) is 6.55. The van der Waals surface area contributed by atoms with Crippen LogP contribution in [0.25, 0.3) is 11.1 Å². The second-order valence-corrected chi connectivity index (χ2v) is 6.55. The molecular formula is C20H26N2O. The third-order valence-corrected chi connectivity index (χ3v) is 4.81. The molecule has 0 saturated heterocycles. The van der Waals surface area contributed by atoms with Crippen LogP contribution in [0.3, 0.4) is 0 Å². The smallest absolute Gasteiger partial charge is 0.126 e. The molecule has 3 N–H and O–H groups in total. The van der Waals surface area contributed by atoms with Crippen molar-refractivity contribution >= 4 is 0 Å². The number of hydrogen-bond acceptors (Lipinski definition) is 3. The zero-order valence-corrected chi connectivity index (χ0v) is 14.0. The lowest BCUT2D eigenvalue weighted by Crippen LogP contribution is -2.41. The lowest BCUT2D eigenvalue weighted by atomic mass is 9.81. The van der Waals surface area contributed by atoms with E-state index in [0.717, 1.165) is 36.6 Å². The summed E-state index contributed by atoms with van der Waals surface area (Å²) >= 11 is 0. The Kier molecular flexibility index (Phi) is 4.99. The lowest BCUT2D eigenvalue weighted by molar-refractivity contribution is 0.250. The van der Waals surface area contributed by atoms with E-state index in [1.54, 1.807) is 7.11 Å². The minimum absolute atomic E-state index is 0.360. The first kappa shape index (κ1) is 16.0. The zero-order chi connectivity index (χ0) is 16.2. The van der Waals surface area contributed by atoms with Crippen molar-refractivity contribution in [3.05, 3.63) is 54.1 Å². The van der Waals surface area contributed by atoms with E-state index in [1.165, 1.54) is 11.1 Å². The minimum atomic E-state index is 0.360. The Bertz CT molecular complexity index is 632. The van der Waals surface area contributed by atoms with Crippen LogP contribution in [-0.2, 0) is 0 Å². The lowest BCUT2D eigenvalue weighted by Gasteiger charge is -2.33. The van der Waals surface area contributed by atoms with Gasteiger partial charge in [-0.15, -0.1) is 0 Å². The summed E-state index contributed by atoms with van der Waals surface area (Å²) in [6.07, 6.45) is 2.32. The van der Waals surface area contributed by atoms with E-state index in [1.807, 2.05) is 18.2 Å². The van der Waals surface area contributed by atoms with Gasteiger partial charge in [-0.1, -0.05) is 42.5 Å². The van der Waals surface area contributed by atoms with E-state index in [4.69, 9.17) is 10.5 Å². The maximum absolute atomic E-state index is 5.84. The number of methoxy groups -OCH3 is 1. The van der Waals surface area contributed by atoms with Gasteiger partial charge in [0, 0.05) is 17.6 Å². The Morgan fingerprint density at radius 2 is 1.83 bits per heavy atom. The highest BCUT2D eigenvalue weighted by Gasteiger charge is 2.25. The summed E-state index contributed by atoms with van der Waals surface area (Å²) in [7, 11) is 1.71. The van der Waals surface area contributed by atoms with Gasteiger partial charge in [0.2, 0.25) is 0 Å². The Labute approximate surface area is 138 Å². The van der Waals surface area contributed by atoms with Crippen molar-refractivity contribution in [2.45, 2.75) is 31.8 Å². The van der Waals surface area contributed by atoms with Crippen molar-refractivity contribution in [3.63, 3.8) is 0 Å². The van der Waals surface area contributed by atoms with Crippen LogP contribution < -0.4 is 15.8 Å². The molecule has 1 saturated carbocycles. The third kappa shape index (κ3) is 3.74. The van der Waals surface area contributed by atoms with Gasteiger partial charge in [-0.25, -0.2) is 0 Å². The highest BCUT2D eigenvalue weighted by molar-refractivity contribution is 5.70. The maximum atomic E-state index is 5.84. The Hall–Kier alpha value is -1.84. The van der Waals surface area contributed by atoms with Crippen molar-refractivity contribution in [2.75, 3.05) is 13.7 Å². The summed E-state index contributed by atoms with van der Waals surface area (Å²) < 4.78 is 5.45. The number of nitrogens with one attached hydrogen (secondary N) is 1. The van der Waals surface area contributed by atoms with Gasteiger partial charge in [0.15, 0.2) is 0 Å². The summed E-state index contributed by atoms with van der Waals surface area (Å²) in [6, 6.07) is 17.7. The van der Waals surface area contributed by atoms with Crippen LogP contribution in [0.1, 0.15) is 31.4 Å². The van der Waals surface area contributed by atoms with Crippen LogP contribution in [-0.4, -0.2) is 19.7 Å². The maximum Gasteiger partial charge on any atom is 0.126 e. The van der Waals surface area contributed by atoms with Crippen molar-refractivity contribution < 1.29 is 4.74 Å². The molecule has 3 rings (SSSR count). The van der Waals surface area contributed by atoms with Crippen LogP contribution in [0, 0.1) is 5.92 Å². The zero-order valence-electron chi connectivity index (χ0n) is 14.0. The molecule has 1 aliphatic rings. The fourth-order valence-electron chi connectivity index (χ4n) is 3.25. The molecule has 1 fully saturated rings. The largest absolute Gasteiger partial charge is 0.496 e. The van der Waals surface area contributed by atoms with Crippen LogP contribution in [0.15, 0.2) is 48.5 Å². The number of rotatable bonds is 6. The quantitative estimate of drug-likeness (QED) is 0.854. The first-order valence-corrected chi connectivity index (χ1v) is 8.39. The first-order chi connectivity index (χ1) is 11.2. The van der Waals surface area contributed by atoms with Gasteiger partial charge in [-0.3, -0.25) is 0 Å². The molecule has 2 aromatic carbocycles. The van der Waals surface area contributed by atoms with Crippen LogP contribution in [0.5, 0.6) is 5.75 Å². The Balaban J connectivity index is 1.64. The molecule has 2 aromatic rings. The fourth-order valence-corrected chi connectivity index (χ4v) is 3.25. The SMILES string of the molecule is COc1ccccc1-c1ccc(C(C)NCC2CC(N)C2)cc1. The average molecular weight is 310 g/mol. The summed E-state index contributed by atoms with van der Waals surface area (Å²) in [6.45, 7) is 3.28. The normalized spacial score (nSPS) is 21.5. The van der Waals surface area contributed by atoms with Gasteiger partial charge < -0.3 is 15.8 Å². The first-order valence-electron chi connectivity index (χ1n) is 8.39. The van der Waals surface area contributed by atoms with Crippen LogP contribution in [0.4, 0.5) is 0 Å². The van der Waals surface area contributed by atoms with Gasteiger partial charge in [0.25, 0.3) is 0 Å². The summed E-state index contributed by atoms with van der Waals surface area (Å²) in [5.74, 6) is 1.66. The predicted molar refractivity (Wildman–Crippen MR) is 95.5 cm³/mol. The second kappa shape index (κ2) is 7.16. The molecule has 0 radical (unpaired) electrons. The number of benzene rings is 2. The highest BCUT2D eigenvalue weighted by Crippen LogP contribution is 2.30. The molecule has 1 unspecified atom stereocenters. The molecule has 3 heteroatoms. The van der Waals surface area contributed by atoms with Crippen molar-refractivity contribution in [3.8, 4) is 16.9 Å². The summed E-state index contributed by atoms with van der Waals surface area (Å²) in [4.78, 5) is 0. The highest BCUT2D eigenvalue weighted by atomic mass is 16.5. The molecule has 0 bridgehead atoms. The molecule has 1 atom stereocenters. The van der Waals surface area contributed by atoms with E-state index >= 15 is 0 Å². The third-order valence-electron chi connectivity index (χ3n) is 4.81. The van der Waals surface area contributed by atoms with Gasteiger partial charge >= 0.3 is 0 Å². The van der Waals surface area contributed by atoms with E-state index < -0.39 is 0 Å². The molecular weight excluding hydrogens is 284 g/mol. The predicted octanol–water partition coefficient (Wildman–Crippen LogP) is 3.75. The van der Waals surface area contributed by atoms with E-state index in [0.29, 0.717) is 12.1 Å². The molecule has 0 amide bonds. The minimum Gasteiger partial charge on any atom is -0.496 e. The van der Waals surface area contributed by atoms with E-state index in [-0.39, 0.29) is 0 Å². The van der Waals surface area contributed by atoms with Crippen molar-refractivity contribution in [2.24, 2.45) is 11.7 Å². The topological polar surface area (TPSA) is 47.3 Å². The van der Waals surface area contributed by atoms with E-state index in [9.17, 15) is 0 Å². The van der Waals surface area contributed by atoms with E-state index in [2.05, 4.69) is 42.6 Å². The summed E-state index contributed by atoms with van der Waals surface area (Å²) in [5.41, 5.74) is 9.47. The molecule has 1 aliphatic carbocycles. The number of hydrogen-bond donors (Lipinski definition) is 2. The molecule has 23 heavy (non-hydrogen) atoms. The molecule has 3 nitrogen and oxygen atoms in total. The molecule has 0 heterocycles. The van der Waals surface area contributed by atoms with Gasteiger partial charge in [-0.2, -0.15) is 0 Å². The Morgan fingerprint density at radius 1 is 1.13 bits per heavy atom.